The zero-order chi connectivity index (χ0) is 21.0. The van der Waals surface area contributed by atoms with E-state index in [0.717, 1.165) is 0 Å². The summed E-state index contributed by atoms with van der Waals surface area (Å²) in [6.07, 6.45) is 0.134. The molecule has 1 aliphatic rings. The quantitative estimate of drug-likeness (QED) is 0.773. The van der Waals surface area contributed by atoms with Crippen LogP contribution in [0.3, 0.4) is 0 Å². The summed E-state index contributed by atoms with van der Waals surface area (Å²) >= 11 is 0. The van der Waals surface area contributed by atoms with Crippen molar-refractivity contribution < 1.29 is 23.8 Å². The van der Waals surface area contributed by atoms with E-state index in [-0.39, 0.29) is 24.3 Å². The van der Waals surface area contributed by atoms with Gasteiger partial charge >= 0.3 is 0 Å². The Labute approximate surface area is 170 Å². The molecular weight excluding hydrogens is 372 g/mol. The molecule has 2 aromatic carbocycles. The van der Waals surface area contributed by atoms with Crippen LogP contribution in [0, 0.1) is 5.92 Å². The molecule has 0 aromatic heterocycles. The maximum atomic E-state index is 12.8. The normalized spacial score (nSPS) is 16.1. The molecule has 1 atom stereocenters. The first-order valence-corrected chi connectivity index (χ1v) is 9.52. The Morgan fingerprint density at radius 3 is 2.48 bits per heavy atom. The molecule has 1 aliphatic heterocycles. The van der Waals surface area contributed by atoms with Gasteiger partial charge in [0.2, 0.25) is 11.8 Å². The van der Waals surface area contributed by atoms with E-state index in [2.05, 4.69) is 5.32 Å². The Balaban J connectivity index is 1.73. The van der Waals surface area contributed by atoms with Gasteiger partial charge in [0.1, 0.15) is 5.75 Å². The molecule has 0 aliphatic carbocycles. The van der Waals surface area contributed by atoms with Gasteiger partial charge in [0.05, 0.1) is 31.9 Å². The van der Waals surface area contributed by atoms with E-state index in [1.54, 1.807) is 43.4 Å². The Morgan fingerprint density at radius 2 is 1.79 bits per heavy atom. The summed E-state index contributed by atoms with van der Waals surface area (Å²) in [5, 5.41) is 2.90. The second-order valence-electron chi connectivity index (χ2n) is 7.10. The van der Waals surface area contributed by atoms with Gasteiger partial charge in [0.15, 0.2) is 11.5 Å². The van der Waals surface area contributed by atoms with E-state index in [9.17, 15) is 9.59 Å². The zero-order valence-electron chi connectivity index (χ0n) is 17.1. The van der Waals surface area contributed by atoms with Crippen molar-refractivity contribution >= 4 is 23.2 Å². The van der Waals surface area contributed by atoms with Crippen molar-refractivity contribution in [3.63, 3.8) is 0 Å². The molecule has 0 saturated carbocycles. The van der Waals surface area contributed by atoms with E-state index in [0.29, 0.717) is 35.2 Å². The smallest absolute Gasteiger partial charge is 0.229 e. The van der Waals surface area contributed by atoms with Crippen LogP contribution in [0.4, 0.5) is 11.4 Å². The van der Waals surface area contributed by atoms with Crippen molar-refractivity contribution in [3.05, 3.63) is 42.5 Å². The summed E-state index contributed by atoms with van der Waals surface area (Å²) in [7, 11) is 3.10. The predicted molar refractivity (Wildman–Crippen MR) is 111 cm³/mol. The Hall–Kier alpha value is -3.22. The molecule has 0 spiro atoms. The number of amides is 2. The molecule has 154 valence electrons. The number of para-hydroxylation sites is 2. The summed E-state index contributed by atoms with van der Waals surface area (Å²) < 4.78 is 16.3. The van der Waals surface area contributed by atoms with Gasteiger partial charge in [-0.05, 0) is 38.1 Å². The summed E-state index contributed by atoms with van der Waals surface area (Å²) in [6.45, 7) is 4.15. The minimum absolute atomic E-state index is 0.0124. The van der Waals surface area contributed by atoms with Gasteiger partial charge in [0.25, 0.3) is 0 Å². The highest BCUT2D eigenvalue weighted by Gasteiger charge is 2.35. The second kappa shape index (κ2) is 8.86. The molecule has 1 heterocycles. The third-order valence-electron chi connectivity index (χ3n) is 4.68. The molecule has 1 unspecified atom stereocenters. The van der Waals surface area contributed by atoms with E-state index < -0.39 is 5.92 Å². The molecule has 29 heavy (non-hydrogen) atoms. The monoisotopic (exact) mass is 398 g/mol. The molecule has 7 nitrogen and oxygen atoms in total. The molecule has 0 bridgehead atoms. The third kappa shape index (κ3) is 4.62. The van der Waals surface area contributed by atoms with Gasteiger partial charge in [-0.1, -0.05) is 12.1 Å². The molecule has 1 saturated heterocycles. The fourth-order valence-corrected chi connectivity index (χ4v) is 3.29. The number of ether oxygens (including phenoxy) is 3. The van der Waals surface area contributed by atoms with E-state index >= 15 is 0 Å². The minimum Gasteiger partial charge on any atom is -0.493 e. The lowest BCUT2D eigenvalue weighted by molar-refractivity contribution is -0.122. The lowest BCUT2D eigenvalue weighted by Gasteiger charge is -2.19. The van der Waals surface area contributed by atoms with Crippen LogP contribution in [-0.2, 0) is 9.59 Å². The molecule has 0 radical (unpaired) electrons. The van der Waals surface area contributed by atoms with Gasteiger partial charge in [0, 0.05) is 24.7 Å². The average Bonchev–Trinajstić information content (AvgIpc) is 3.10. The standard InChI is InChI=1S/C22H26N2O5/c1-14(2)29-18-8-6-5-7-17(18)23-22(26)15-11-21(25)24(13-15)16-9-10-19(27-3)20(12-16)28-4/h5-10,12,14-15H,11,13H2,1-4H3,(H,23,26). The average molecular weight is 398 g/mol. The van der Waals surface area contributed by atoms with Crippen LogP contribution >= 0.6 is 0 Å². The fourth-order valence-electron chi connectivity index (χ4n) is 3.29. The van der Waals surface area contributed by atoms with Gasteiger partial charge in [-0.15, -0.1) is 0 Å². The molecule has 3 rings (SSSR count). The largest absolute Gasteiger partial charge is 0.493 e. The second-order valence-corrected chi connectivity index (χ2v) is 7.10. The van der Waals surface area contributed by atoms with Crippen molar-refractivity contribution in [2.45, 2.75) is 26.4 Å². The van der Waals surface area contributed by atoms with Crippen molar-refractivity contribution in [1.82, 2.24) is 0 Å². The summed E-state index contributed by atoms with van der Waals surface area (Å²) in [6, 6.07) is 12.6. The number of carbonyl (C=O) groups is 2. The van der Waals surface area contributed by atoms with E-state index in [4.69, 9.17) is 14.2 Å². The number of hydrogen-bond acceptors (Lipinski definition) is 5. The van der Waals surface area contributed by atoms with Gasteiger partial charge in [-0.2, -0.15) is 0 Å². The number of methoxy groups -OCH3 is 2. The van der Waals surface area contributed by atoms with Gasteiger partial charge in [-0.25, -0.2) is 0 Å². The SMILES string of the molecule is COc1ccc(N2CC(C(=O)Nc3ccccc3OC(C)C)CC2=O)cc1OC. The molecule has 2 amide bonds. The van der Waals surface area contributed by atoms with Crippen LogP contribution < -0.4 is 24.4 Å². The Morgan fingerprint density at radius 1 is 1.07 bits per heavy atom. The molecule has 2 aromatic rings. The lowest BCUT2D eigenvalue weighted by atomic mass is 10.1. The summed E-state index contributed by atoms with van der Waals surface area (Å²) in [4.78, 5) is 27.0. The zero-order valence-corrected chi connectivity index (χ0v) is 17.1. The number of hydrogen-bond donors (Lipinski definition) is 1. The number of anilines is 2. The van der Waals surface area contributed by atoms with E-state index in [1.165, 1.54) is 0 Å². The highest BCUT2D eigenvalue weighted by Crippen LogP contribution is 2.34. The molecule has 1 N–H and O–H groups in total. The van der Waals surface area contributed by atoms with Gasteiger partial charge < -0.3 is 24.4 Å². The van der Waals surface area contributed by atoms with Crippen LogP contribution in [0.15, 0.2) is 42.5 Å². The highest BCUT2D eigenvalue weighted by atomic mass is 16.5. The predicted octanol–water partition coefficient (Wildman–Crippen LogP) is 3.48. The first kappa shape index (κ1) is 20.5. The van der Waals surface area contributed by atoms with Crippen molar-refractivity contribution in [1.29, 1.82) is 0 Å². The first-order valence-electron chi connectivity index (χ1n) is 9.52. The highest BCUT2D eigenvalue weighted by molar-refractivity contribution is 6.04. The Bertz CT molecular complexity index is 897. The molecule has 7 heteroatoms. The van der Waals surface area contributed by atoms with Crippen LogP contribution in [-0.4, -0.2) is 38.7 Å². The Kier molecular flexibility index (Phi) is 6.26. The van der Waals surface area contributed by atoms with Crippen molar-refractivity contribution in [2.24, 2.45) is 5.92 Å². The van der Waals surface area contributed by atoms with Crippen molar-refractivity contribution in [3.8, 4) is 17.2 Å². The third-order valence-corrected chi connectivity index (χ3v) is 4.68. The molecule has 1 fully saturated rings. The van der Waals surface area contributed by atoms with Crippen LogP contribution in [0.25, 0.3) is 0 Å². The number of rotatable bonds is 7. The number of nitrogens with zero attached hydrogens (tertiary/aromatic N) is 1. The number of benzene rings is 2. The lowest BCUT2D eigenvalue weighted by Crippen LogP contribution is -2.28. The number of nitrogens with one attached hydrogen (secondary N) is 1. The van der Waals surface area contributed by atoms with Gasteiger partial charge in [-0.3, -0.25) is 9.59 Å². The fraction of sp³-hybridized carbons (Fsp3) is 0.364. The first-order chi connectivity index (χ1) is 13.9. The minimum atomic E-state index is -0.456. The summed E-state index contributed by atoms with van der Waals surface area (Å²) in [5.41, 5.74) is 1.27. The maximum absolute atomic E-state index is 12.8. The van der Waals surface area contributed by atoms with Crippen LogP contribution in [0.2, 0.25) is 0 Å². The summed E-state index contributed by atoms with van der Waals surface area (Å²) in [5.74, 6) is 0.953. The van der Waals surface area contributed by atoms with Crippen LogP contribution in [0.1, 0.15) is 20.3 Å². The van der Waals surface area contributed by atoms with Crippen molar-refractivity contribution in [2.75, 3.05) is 31.0 Å². The van der Waals surface area contributed by atoms with E-state index in [1.807, 2.05) is 32.0 Å². The maximum Gasteiger partial charge on any atom is 0.229 e. The number of carbonyl (C=O) groups excluding carboxylic acids is 2. The van der Waals surface area contributed by atoms with Crippen LogP contribution in [0.5, 0.6) is 17.2 Å². The molecular formula is C22H26N2O5. The topological polar surface area (TPSA) is 77.1 Å².